The van der Waals surface area contributed by atoms with Crippen LogP contribution in [0.1, 0.15) is 58.1 Å². The molecular formula is C15H24BrN. The number of hydrogen-bond acceptors (Lipinski definition) is 1. The van der Waals surface area contributed by atoms with Crippen LogP contribution in [0.2, 0.25) is 0 Å². The van der Waals surface area contributed by atoms with Crippen LogP contribution in [-0.2, 0) is 0 Å². The molecule has 1 aromatic rings. The fourth-order valence-corrected chi connectivity index (χ4v) is 2.91. The van der Waals surface area contributed by atoms with Crippen molar-refractivity contribution in [2.24, 2.45) is 0 Å². The molecular weight excluding hydrogens is 274 g/mol. The second kappa shape index (κ2) is 7.88. The summed E-state index contributed by atoms with van der Waals surface area (Å²) in [5, 5.41) is 3.75. The van der Waals surface area contributed by atoms with Crippen molar-refractivity contribution >= 4 is 15.9 Å². The summed E-state index contributed by atoms with van der Waals surface area (Å²) in [6.07, 6.45) is 5.03. The molecule has 2 heteroatoms. The molecule has 0 aromatic heterocycles. The molecule has 0 aliphatic rings. The first-order valence-corrected chi connectivity index (χ1v) is 7.48. The maximum absolute atomic E-state index is 3.75. The van der Waals surface area contributed by atoms with Crippen LogP contribution in [0.4, 0.5) is 0 Å². The number of nitrogens with one attached hydrogen (secondary N) is 1. The molecule has 0 spiro atoms. The minimum Gasteiger partial charge on any atom is -0.307 e. The van der Waals surface area contributed by atoms with Gasteiger partial charge < -0.3 is 5.32 Å². The van der Waals surface area contributed by atoms with Crippen molar-refractivity contribution < 1.29 is 0 Å². The molecule has 0 bridgehead atoms. The van der Waals surface area contributed by atoms with Crippen molar-refractivity contribution in [3.8, 4) is 0 Å². The fourth-order valence-electron chi connectivity index (χ4n) is 2.28. The van der Waals surface area contributed by atoms with Crippen molar-refractivity contribution in [2.75, 3.05) is 0 Å². The molecule has 17 heavy (non-hydrogen) atoms. The Balaban J connectivity index is 2.63. The second-order valence-corrected chi connectivity index (χ2v) is 5.54. The van der Waals surface area contributed by atoms with E-state index in [9.17, 15) is 0 Å². The predicted molar refractivity (Wildman–Crippen MR) is 79.3 cm³/mol. The Kier molecular flexibility index (Phi) is 6.83. The standard InChI is InChI=1S/C15H24BrN/c1-4-8-13(9-5-2)17-12(3)14-10-6-7-11-15(14)16/h6-7,10-13,17H,4-5,8-9H2,1-3H3/t12-/m1/s1. The Labute approximate surface area is 114 Å². The Bertz CT molecular complexity index is 318. The molecule has 1 atom stereocenters. The molecule has 1 nitrogen and oxygen atoms in total. The van der Waals surface area contributed by atoms with Gasteiger partial charge in [-0.25, -0.2) is 0 Å². The monoisotopic (exact) mass is 297 g/mol. The van der Waals surface area contributed by atoms with E-state index < -0.39 is 0 Å². The molecule has 0 unspecified atom stereocenters. The highest BCUT2D eigenvalue weighted by atomic mass is 79.9. The number of halogens is 1. The molecule has 0 aliphatic carbocycles. The highest BCUT2D eigenvalue weighted by Gasteiger charge is 2.13. The van der Waals surface area contributed by atoms with Gasteiger partial charge in [0.05, 0.1) is 0 Å². The van der Waals surface area contributed by atoms with Crippen molar-refractivity contribution in [1.29, 1.82) is 0 Å². The zero-order chi connectivity index (χ0) is 12.7. The maximum atomic E-state index is 3.75. The normalized spacial score (nSPS) is 13.0. The van der Waals surface area contributed by atoms with E-state index in [1.54, 1.807) is 0 Å². The summed E-state index contributed by atoms with van der Waals surface area (Å²) in [6.45, 7) is 6.76. The predicted octanol–water partition coefficient (Wildman–Crippen LogP) is 5.07. The Morgan fingerprint density at radius 2 is 1.71 bits per heavy atom. The highest BCUT2D eigenvalue weighted by molar-refractivity contribution is 9.10. The number of benzene rings is 1. The molecule has 0 heterocycles. The largest absolute Gasteiger partial charge is 0.307 e. The van der Waals surface area contributed by atoms with Gasteiger partial charge >= 0.3 is 0 Å². The van der Waals surface area contributed by atoms with Gasteiger partial charge in [0.15, 0.2) is 0 Å². The van der Waals surface area contributed by atoms with Crippen LogP contribution < -0.4 is 5.32 Å². The molecule has 0 aliphatic heterocycles. The summed E-state index contributed by atoms with van der Waals surface area (Å²) >= 11 is 3.62. The average molecular weight is 298 g/mol. The Hall–Kier alpha value is -0.340. The lowest BCUT2D eigenvalue weighted by atomic mass is 10.0. The number of rotatable bonds is 7. The van der Waals surface area contributed by atoms with Gasteiger partial charge in [-0.2, -0.15) is 0 Å². The van der Waals surface area contributed by atoms with Crippen LogP contribution in [0.3, 0.4) is 0 Å². The minimum atomic E-state index is 0.411. The molecule has 1 aromatic carbocycles. The minimum absolute atomic E-state index is 0.411. The van der Waals surface area contributed by atoms with Crippen LogP contribution >= 0.6 is 15.9 Å². The van der Waals surface area contributed by atoms with E-state index >= 15 is 0 Å². The van der Waals surface area contributed by atoms with Gasteiger partial charge in [0.1, 0.15) is 0 Å². The van der Waals surface area contributed by atoms with Crippen molar-refractivity contribution in [1.82, 2.24) is 5.32 Å². The van der Waals surface area contributed by atoms with Gasteiger partial charge in [0.25, 0.3) is 0 Å². The molecule has 1 N–H and O–H groups in total. The molecule has 0 saturated carbocycles. The third-order valence-electron chi connectivity index (χ3n) is 3.13. The van der Waals surface area contributed by atoms with Gasteiger partial charge in [0, 0.05) is 16.6 Å². The fraction of sp³-hybridized carbons (Fsp3) is 0.600. The van der Waals surface area contributed by atoms with Crippen LogP contribution in [0.15, 0.2) is 28.7 Å². The van der Waals surface area contributed by atoms with Gasteiger partial charge in [-0.1, -0.05) is 60.8 Å². The lowest BCUT2D eigenvalue weighted by Gasteiger charge is -2.23. The first kappa shape index (κ1) is 14.7. The first-order valence-electron chi connectivity index (χ1n) is 6.69. The first-order chi connectivity index (χ1) is 8.19. The highest BCUT2D eigenvalue weighted by Crippen LogP contribution is 2.24. The summed E-state index contributed by atoms with van der Waals surface area (Å²) < 4.78 is 1.20. The molecule has 0 amide bonds. The topological polar surface area (TPSA) is 12.0 Å². The summed E-state index contributed by atoms with van der Waals surface area (Å²) in [4.78, 5) is 0. The van der Waals surface area contributed by atoms with E-state index in [0.717, 1.165) is 0 Å². The van der Waals surface area contributed by atoms with E-state index in [2.05, 4.69) is 66.3 Å². The van der Waals surface area contributed by atoms with Crippen LogP contribution in [0.5, 0.6) is 0 Å². The zero-order valence-corrected chi connectivity index (χ0v) is 12.8. The summed E-state index contributed by atoms with van der Waals surface area (Å²) in [7, 11) is 0. The van der Waals surface area contributed by atoms with Gasteiger partial charge in [-0.15, -0.1) is 0 Å². The quantitative estimate of drug-likeness (QED) is 0.741. The average Bonchev–Trinajstić information content (AvgIpc) is 2.30. The van der Waals surface area contributed by atoms with Crippen molar-refractivity contribution in [3.63, 3.8) is 0 Å². The van der Waals surface area contributed by atoms with Gasteiger partial charge in [-0.3, -0.25) is 0 Å². The lowest BCUT2D eigenvalue weighted by Crippen LogP contribution is -2.31. The molecule has 0 fully saturated rings. The van der Waals surface area contributed by atoms with E-state index in [0.29, 0.717) is 12.1 Å². The van der Waals surface area contributed by atoms with E-state index in [1.807, 2.05) is 0 Å². The zero-order valence-electron chi connectivity index (χ0n) is 11.2. The lowest BCUT2D eigenvalue weighted by molar-refractivity contribution is 0.402. The SMILES string of the molecule is CCCC(CCC)N[C@H](C)c1ccccc1Br. The summed E-state index contributed by atoms with van der Waals surface area (Å²) in [5.41, 5.74) is 1.35. The molecule has 0 saturated heterocycles. The Morgan fingerprint density at radius 1 is 1.12 bits per heavy atom. The third-order valence-corrected chi connectivity index (χ3v) is 3.85. The van der Waals surface area contributed by atoms with Crippen LogP contribution in [0, 0.1) is 0 Å². The smallest absolute Gasteiger partial charge is 0.0305 e. The molecule has 1 rings (SSSR count). The number of hydrogen-bond donors (Lipinski definition) is 1. The van der Waals surface area contributed by atoms with E-state index in [1.165, 1.54) is 35.7 Å². The Morgan fingerprint density at radius 3 is 2.24 bits per heavy atom. The summed E-state index contributed by atoms with van der Waals surface area (Å²) in [5.74, 6) is 0. The van der Waals surface area contributed by atoms with E-state index in [-0.39, 0.29) is 0 Å². The van der Waals surface area contributed by atoms with Gasteiger partial charge in [-0.05, 0) is 31.4 Å². The maximum Gasteiger partial charge on any atom is 0.0305 e. The summed E-state index contributed by atoms with van der Waals surface area (Å²) in [6, 6.07) is 9.53. The van der Waals surface area contributed by atoms with Crippen molar-refractivity contribution in [2.45, 2.75) is 58.5 Å². The molecule has 0 radical (unpaired) electrons. The third kappa shape index (κ3) is 4.81. The van der Waals surface area contributed by atoms with Crippen LogP contribution in [0.25, 0.3) is 0 Å². The second-order valence-electron chi connectivity index (χ2n) is 4.68. The van der Waals surface area contributed by atoms with Crippen molar-refractivity contribution in [3.05, 3.63) is 34.3 Å². The van der Waals surface area contributed by atoms with Gasteiger partial charge in [0.2, 0.25) is 0 Å². The van der Waals surface area contributed by atoms with Crippen LogP contribution in [-0.4, -0.2) is 6.04 Å². The molecule has 96 valence electrons. The van der Waals surface area contributed by atoms with E-state index in [4.69, 9.17) is 0 Å².